The van der Waals surface area contributed by atoms with Gasteiger partial charge < -0.3 is 15.3 Å². The third-order valence-electron chi connectivity index (χ3n) is 2.02. The van der Waals surface area contributed by atoms with Crippen molar-refractivity contribution in [1.82, 2.24) is 0 Å². The second kappa shape index (κ2) is 3.82. The van der Waals surface area contributed by atoms with Crippen LogP contribution < -0.4 is 0 Å². The van der Waals surface area contributed by atoms with Gasteiger partial charge in [0.25, 0.3) is 0 Å². The standard InChI is InChI=1S/C7H12INO2/c8-5-6(9)7(10)1-3-11-4-2-7/h9-10H,1-5H2. The fourth-order valence-corrected chi connectivity index (χ4v) is 1.85. The van der Waals surface area contributed by atoms with Crippen molar-refractivity contribution in [3.8, 4) is 0 Å². The molecule has 0 atom stereocenters. The molecule has 0 spiro atoms. The number of nitrogens with one attached hydrogen (secondary N) is 1. The summed E-state index contributed by atoms with van der Waals surface area (Å²) in [6.45, 7) is 1.16. The van der Waals surface area contributed by atoms with Crippen LogP contribution in [0.15, 0.2) is 0 Å². The lowest BCUT2D eigenvalue weighted by molar-refractivity contribution is -0.0204. The molecule has 1 rings (SSSR count). The van der Waals surface area contributed by atoms with Crippen molar-refractivity contribution in [2.24, 2.45) is 0 Å². The minimum atomic E-state index is -0.862. The molecule has 0 aromatic heterocycles. The molecule has 0 aromatic carbocycles. The largest absolute Gasteiger partial charge is 0.384 e. The van der Waals surface area contributed by atoms with Crippen molar-refractivity contribution in [3.05, 3.63) is 0 Å². The first-order valence-electron chi connectivity index (χ1n) is 3.63. The van der Waals surface area contributed by atoms with E-state index in [0.717, 1.165) is 0 Å². The van der Waals surface area contributed by atoms with Crippen LogP contribution in [0.5, 0.6) is 0 Å². The molecule has 1 heterocycles. The number of aliphatic hydroxyl groups is 1. The molecule has 1 aliphatic rings. The summed E-state index contributed by atoms with van der Waals surface area (Å²) in [7, 11) is 0. The highest BCUT2D eigenvalue weighted by atomic mass is 127. The van der Waals surface area contributed by atoms with E-state index in [1.165, 1.54) is 0 Å². The monoisotopic (exact) mass is 269 g/mol. The maximum Gasteiger partial charge on any atom is 0.107 e. The van der Waals surface area contributed by atoms with Gasteiger partial charge in [0, 0.05) is 30.5 Å². The van der Waals surface area contributed by atoms with Gasteiger partial charge in [0.05, 0.1) is 5.71 Å². The van der Waals surface area contributed by atoms with E-state index >= 15 is 0 Å². The van der Waals surface area contributed by atoms with Crippen molar-refractivity contribution < 1.29 is 9.84 Å². The molecule has 0 radical (unpaired) electrons. The fraction of sp³-hybridized carbons (Fsp3) is 0.857. The van der Waals surface area contributed by atoms with Crippen molar-refractivity contribution in [1.29, 1.82) is 5.41 Å². The molecule has 0 bridgehead atoms. The quantitative estimate of drug-likeness (QED) is 0.446. The van der Waals surface area contributed by atoms with Gasteiger partial charge >= 0.3 is 0 Å². The predicted octanol–water partition coefficient (Wildman–Crippen LogP) is 0.983. The predicted molar refractivity (Wildman–Crippen MR) is 51.6 cm³/mol. The Bertz CT molecular complexity index is 155. The first-order valence-corrected chi connectivity index (χ1v) is 5.15. The summed E-state index contributed by atoms with van der Waals surface area (Å²) in [5, 5.41) is 17.3. The van der Waals surface area contributed by atoms with Crippen LogP contribution in [0.3, 0.4) is 0 Å². The molecule has 0 aromatic rings. The zero-order chi connectivity index (χ0) is 8.32. The van der Waals surface area contributed by atoms with Crippen LogP contribution in [0.1, 0.15) is 12.8 Å². The summed E-state index contributed by atoms with van der Waals surface area (Å²) >= 11 is 2.10. The molecule has 11 heavy (non-hydrogen) atoms. The fourth-order valence-electron chi connectivity index (χ4n) is 1.14. The third-order valence-corrected chi connectivity index (χ3v) is 2.78. The Morgan fingerprint density at radius 1 is 1.55 bits per heavy atom. The van der Waals surface area contributed by atoms with Crippen LogP contribution in [-0.4, -0.2) is 34.1 Å². The normalized spacial score (nSPS) is 23.1. The Labute approximate surface area is 79.8 Å². The Balaban J connectivity index is 2.56. The average molecular weight is 269 g/mol. The molecule has 64 valence electrons. The Morgan fingerprint density at radius 2 is 2.09 bits per heavy atom. The van der Waals surface area contributed by atoms with Gasteiger partial charge in [-0.15, -0.1) is 0 Å². The Hall–Kier alpha value is 0.320. The summed E-state index contributed by atoms with van der Waals surface area (Å²) in [4.78, 5) is 0. The highest BCUT2D eigenvalue weighted by molar-refractivity contribution is 14.1. The van der Waals surface area contributed by atoms with Gasteiger partial charge in [-0.05, 0) is 0 Å². The van der Waals surface area contributed by atoms with Gasteiger partial charge in [-0.25, -0.2) is 0 Å². The topological polar surface area (TPSA) is 53.3 Å². The summed E-state index contributed by atoms with van der Waals surface area (Å²) in [6, 6.07) is 0. The minimum absolute atomic E-state index is 0.432. The number of hydrogen-bond acceptors (Lipinski definition) is 3. The van der Waals surface area contributed by atoms with Crippen molar-refractivity contribution in [2.45, 2.75) is 18.4 Å². The van der Waals surface area contributed by atoms with Crippen LogP contribution in [0, 0.1) is 5.41 Å². The SMILES string of the molecule is N=C(CI)C1(O)CCOCC1. The summed E-state index contributed by atoms with van der Waals surface area (Å²) in [6.07, 6.45) is 1.16. The van der Waals surface area contributed by atoms with Crippen LogP contribution in [0.25, 0.3) is 0 Å². The molecule has 0 aliphatic carbocycles. The molecule has 0 saturated carbocycles. The summed E-state index contributed by atoms with van der Waals surface area (Å²) in [5.74, 6) is 0. The molecular weight excluding hydrogens is 257 g/mol. The van der Waals surface area contributed by atoms with E-state index in [1.807, 2.05) is 0 Å². The molecule has 1 fully saturated rings. The average Bonchev–Trinajstić information content (AvgIpc) is 2.04. The second-order valence-corrected chi connectivity index (χ2v) is 3.52. The third kappa shape index (κ3) is 2.13. The maximum atomic E-state index is 9.83. The van der Waals surface area contributed by atoms with Crippen LogP contribution in [-0.2, 0) is 4.74 Å². The van der Waals surface area contributed by atoms with Crippen LogP contribution >= 0.6 is 22.6 Å². The van der Waals surface area contributed by atoms with E-state index in [4.69, 9.17) is 10.1 Å². The van der Waals surface area contributed by atoms with Gasteiger partial charge in [0.2, 0.25) is 0 Å². The summed E-state index contributed by atoms with van der Waals surface area (Å²) < 4.78 is 5.71. The first-order chi connectivity index (χ1) is 5.19. The van der Waals surface area contributed by atoms with Crippen molar-refractivity contribution in [2.75, 3.05) is 17.6 Å². The molecule has 0 unspecified atom stereocenters. The van der Waals surface area contributed by atoms with Gasteiger partial charge in [-0.3, -0.25) is 0 Å². The van der Waals surface area contributed by atoms with Gasteiger partial charge in [0.15, 0.2) is 0 Å². The van der Waals surface area contributed by atoms with Gasteiger partial charge in [0.1, 0.15) is 5.60 Å². The van der Waals surface area contributed by atoms with E-state index in [9.17, 15) is 5.11 Å². The number of rotatable bonds is 2. The smallest absolute Gasteiger partial charge is 0.107 e. The Morgan fingerprint density at radius 3 is 2.55 bits per heavy atom. The lowest BCUT2D eigenvalue weighted by Gasteiger charge is -2.31. The lowest BCUT2D eigenvalue weighted by atomic mass is 9.90. The van der Waals surface area contributed by atoms with Gasteiger partial charge in [-0.2, -0.15) is 0 Å². The molecule has 1 aliphatic heterocycles. The molecule has 3 nitrogen and oxygen atoms in total. The number of alkyl halides is 1. The van der Waals surface area contributed by atoms with Crippen LogP contribution in [0.4, 0.5) is 0 Å². The lowest BCUT2D eigenvalue weighted by Crippen LogP contribution is -2.44. The van der Waals surface area contributed by atoms with E-state index < -0.39 is 5.60 Å². The molecule has 4 heteroatoms. The van der Waals surface area contributed by atoms with E-state index in [0.29, 0.717) is 36.2 Å². The maximum absolute atomic E-state index is 9.83. The number of halogens is 1. The zero-order valence-electron chi connectivity index (χ0n) is 6.27. The van der Waals surface area contributed by atoms with Crippen LogP contribution in [0.2, 0.25) is 0 Å². The molecule has 0 amide bonds. The number of hydrogen-bond donors (Lipinski definition) is 2. The van der Waals surface area contributed by atoms with Gasteiger partial charge in [-0.1, -0.05) is 22.6 Å². The van der Waals surface area contributed by atoms with E-state index in [2.05, 4.69) is 22.6 Å². The summed E-state index contributed by atoms with van der Waals surface area (Å²) in [5.41, 5.74) is -0.430. The first kappa shape index (κ1) is 9.41. The zero-order valence-corrected chi connectivity index (χ0v) is 8.43. The van der Waals surface area contributed by atoms with Crippen molar-refractivity contribution in [3.63, 3.8) is 0 Å². The Kier molecular flexibility index (Phi) is 3.27. The number of ether oxygens (including phenoxy) is 1. The molecule has 2 N–H and O–H groups in total. The minimum Gasteiger partial charge on any atom is -0.384 e. The van der Waals surface area contributed by atoms with E-state index in [-0.39, 0.29) is 0 Å². The second-order valence-electron chi connectivity index (χ2n) is 2.76. The van der Waals surface area contributed by atoms with E-state index in [1.54, 1.807) is 0 Å². The highest BCUT2D eigenvalue weighted by Gasteiger charge is 2.33. The van der Waals surface area contributed by atoms with Crippen molar-refractivity contribution >= 4 is 28.3 Å². The highest BCUT2D eigenvalue weighted by Crippen LogP contribution is 2.22. The molecular formula is C7H12INO2. The molecule has 1 saturated heterocycles.